The second kappa shape index (κ2) is 7.21. The van der Waals surface area contributed by atoms with Crippen LogP contribution in [0.5, 0.6) is 0 Å². The van der Waals surface area contributed by atoms with Gasteiger partial charge in [-0.1, -0.05) is 0 Å². The van der Waals surface area contributed by atoms with Crippen LogP contribution in [0.2, 0.25) is 0 Å². The Hall–Kier alpha value is -0.900. The summed E-state index contributed by atoms with van der Waals surface area (Å²) >= 11 is 0. The molecule has 4 heteroatoms. The van der Waals surface area contributed by atoms with Gasteiger partial charge in [0.05, 0.1) is 13.2 Å². The number of carbonyl (C=O) groups excluding carboxylic acids is 2. The number of ether oxygens (including phenoxy) is 2. The summed E-state index contributed by atoms with van der Waals surface area (Å²) in [4.78, 5) is 19.8. The van der Waals surface area contributed by atoms with Crippen LogP contribution in [0.25, 0.3) is 0 Å². The minimum Gasteiger partial charge on any atom is -0.467 e. The highest BCUT2D eigenvalue weighted by Gasteiger charge is 2.07. The Bertz CT molecular complexity index is 113. The molecule has 0 spiro atoms. The highest BCUT2D eigenvalue weighted by atomic mass is 16.5. The topological polar surface area (TPSA) is 52.6 Å². The summed E-state index contributed by atoms with van der Waals surface area (Å²) in [6, 6.07) is 0. The average molecular weight is 160 g/mol. The van der Waals surface area contributed by atoms with Crippen molar-refractivity contribution in [1.82, 2.24) is 0 Å². The normalized spacial score (nSPS) is 12.1. The summed E-state index contributed by atoms with van der Waals surface area (Å²) in [5.74, 6) is -0.0114. The van der Waals surface area contributed by atoms with Crippen LogP contribution in [-0.4, -0.2) is 33.1 Å². The standard InChI is InChI=1S/C7H12O4/c1-10-4-7(2-3-8)5-11-6-9/h3,6-7H,2,4-5H2,1H3. The molecule has 0 fully saturated rings. The number of hydrogen-bond acceptors (Lipinski definition) is 4. The first-order valence-electron chi connectivity index (χ1n) is 3.33. The van der Waals surface area contributed by atoms with Crippen molar-refractivity contribution in [2.24, 2.45) is 5.92 Å². The number of aldehydes is 1. The van der Waals surface area contributed by atoms with Gasteiger partial charge < -0.3 is 14.3 Å². The van der Waals surface area contributed by atoms with E-state index >= 15 is 0 Å². The molecule has 0 bridgehead atoms. The summed E-state index contributed by atoms with van der Waals surface area (Å²) in [6.07, 6.45) is 1.15. The largest absolute Gasteiger partial charge is 0.467 e. The molecular formula is C7H12O4. The van der Waals surface area contributed by atoms with Gasteiger partial charge in [-0.2, -0.15) is 0 Å². The van der Waals surface area contributed by atoms with E-state index in [0.29, 0.717) is 19.5 Å². The van der Waals surface area contributed by atoms with Crippen LogP contribution in [0.4, 0.5) is 0 Å². The van der Waals surface area contributed by atoms with Crippen molar-refractivity contribution in [3.8, 4) is 0 Å². The lowest BCUT2D eigenvalue weighted by molar-refractivity contribution is -0.131. The van der Waals surface area contributed by atoms with Crippen molar-refractivity contribution < 1.29 is 19.1 Å². The van der Waals surface area contributed by atoms with E-state index < -0.39 is 0 Å². The molecular weight excluding hydrogens is 148 g/mol. The number of hydrogen-bond donors (Lipinski definition) is 0. The lowest BCUT2D eigenvalue weighted by Gasteiger charge is -2.10. The molecule has 0 amide bonds. The molecule has 0 rings (SSSR count). The fourth-order valence-electron chi connectivity index (χ4n) is 0.731. The lowest BCUT2D eigenvalue weighted by atomic mass is 10.1. The first-order chi connectivity index (χ1) is 5.35. The zero-order chi connectivity index (χ0) is 8.53. The van der Waals surface area contributed by atoms with Gasteiger partial charge in [-0.25, -0.2) is 0 Å². The van der Waals surface area contributed by atoms with E-state index in [9.17, 15) is 9.59 Å². The number of carbonyl (C=O) groups is 2. The van der Waals surface area contributed by atoms with E-state index in [0.717, 1.165) is 6.29 Å². The highest BCUT2D eigenvalue weighted by Crippen LogP contribution is 2.00. The first kappa shape index (κ1) is 10.1. The first-order valence-corrected chi connectivity index (χ1v) is 3.33. The highest BCUT2D eigenvalue weighted by molar-refractivity contribution is 5.49. The Morgan fingerprint density at radius 1 is 1.36 bits per heavy atom. The smallest absolute Gasteiger partial charge is 0.293 e. The Balaban J connectivity index is 3.49. The lowest BCUT2D eigenvalue weighted by Crippen LogP contribution is -2.15. The van der Waals surface area contributed by atoms with Crippen LogP contribution < -0.4 is 0 Å². The molecule has 0 saturated heterocycles. The maximum Gasteiger partial charge on any atom is 0.293 e. The maximum atomic E-state index is 10.1. The molecule has 0 N–H and O–H groups in total. The molecule has 0 aliphatic carbocycles. The summed E-state index contributed by atoms with van der Waals surface area (Å²) in [6.45, 7) is 1.05. The Labute approximate surface area is 65.5 Å². The van der Waals surface area contributed by atoms with E-state index in [4.69, 9.17) is 4.74 Å². The molecule has 1 unspecified atom stereocenters. The van der Waals surface area contributed by atoms with Crippen LogP contribution >= 0.6 is 0 Å². The van der Waals surface area contributed by atoms with E-state index in [-0.39, 0.29) is 12.5 Å². The predicted molar refractivity (Wildman–Crippen MR) is 38.1 cm³/mol. The molecule has 0 heterocycles. The van der Waals surface area contributed by atoms with Gasteiger partial charge in [-0.05, 0) is 0 Å². The average Bonchev–Trinajstić information content (AvgIpc) is 2.01. The second-order valence-corrected chi connectivity index (χ2v) is 2.15. The van der Waals surface area contributed by atoms with Gasteiger partial charge in [0.1, 0.15) is 6.29 Å². The van der Waals surface area contributed by atoms with E-state index in [1.54, 1.807) is 7.11 Å². The van der Waals surface area contributed by atoms with Crippen LogP contribution in [0.15, 0.2) is 0 Å². The van der Waals surface area contributed by atoms with Crippen molar-refractivity contribution in [2.75, 3.05) is 20.3 Å². The van der Waals surface area contributed by atoms with E-state index in [1.807, 2.05) is 0 Å². The van der Waals surface area contributed by atoms with Gasteiger partial charge in [0.25, 0.3) is 6.47 Å². The fourth-order valence-corrected chi connectivity index (χ4v) is 0.731. The zero-order valence-electron chi connectivity index (χ0n) is 6.49. The van der Waals surface area contributed by atoms with Crippen LogP contribution in [-0.2, 0) is 19.1 Å². The monoisotopic (exact) mass is 160 g/mol. The van der Waals surface area contributed by atoms with Gasteiger partial charge in [-0.3, -0.25) is 4.79 Å². The minimum atomic E-state index is -0.0114. The number of methoxy groups -OCH3 is 1. The predicted octanol–water partition coefficient (Wildman–Crippen LogP) is 0.0110. The van der Waals surface area contributed by atoms with E-state index in [2.05, 4.69) is 4.74 Å². The molecule has 0 aromatic rings. The zero-order valence-corrected chi connectivity index (χ0v) is 6.49. The Kier molecular flexibility index (Phi) is 6.62. The summed E-state index contributed by atoms with van der Waals surface area (Å²) < 4.78 is 9.28. The maximum absolute atomic E-state index is 10.1. The molecule has 0 saturated carbocycles. The number of rotatable bonds is 7. The molecule has 64 valence electrons. The second-order valence-electron chi connectivity index (χ2n) is 2.15. The Morgan fingerprint density at radius 2 is 2.09 bits per heavy atom. The van der Waals surface area contributed by atoms with Crippen molar-refractivity contribution in [1.29, 1.82) is 0 Å². The molecule has 0 aliphatic rings. The van der Waals surface area contributed by atoms with E-state index in [1.165, 1.54) is 0 Å². The third kappa shape index (κ3) is 5.54. The fraction of sp³-hybridized carbons (Fsp3) is 0.714. The van der Waals surface area contributed by atoms with Crippen molar-refractivity contribution in [2.45, 2.75) is 6.42 Å². The Morgan fingerprint density at radius 3 is 2.55 bits per heavy atom. The van der Waals surface area contributed by atoms with Crippen molar-refractivity contribution in [3.63, 3.8) is 0 Å². The van der Waals surface area contributed by atoms with Gasteiger partial charge in [0.2, 0.25) is 0 Å². The summed E-state index contributed by atoms with van der Waals surface area (Å²) in [7, 11) is 1.54. The van der Waals surface area contributed by atoms with Gasteiger partial charge in [0, 0.05) is 19.4 Å². The van der Waals surface area contributed by atoms with Crippen LogP contribution in [0.3, 0.4) is 0 Å². The van der Waals surface area contributed by atoms with Gasteiger partial charge >= 0.3 is 0 Å². The quantitative estimate of drug-likeness (QED) is 0.492. The molecule has 0 radical (unpaired) electrons. The van der Waals surface area contributed by atoms with Gasteiger partial charge in [-0.15, -0.1) is 0 Å². The molecule has 1 atom stereocenters. The van der Waals surface area contributed by atoms with Crippen LogP contribution in [0.1, 0.15) is 6.42 Å². The summed E-state index contributed by atoms with van der Waals surface area (Å²) in [5.41, 5.74) is 0. The molecule has 0 aromatic carbocycles. The molecule has 0 aromatic heterocycles. The van der Waals surface area contributed by atoms with Crippen molar-refractivity contribution >= 4 is 12.8 Å². The third-order valence-electron chi connectivity index (χ3n) is 1.23. The molecule has 11 heavy (non-hydrogen) atoms. The van der Waals surface area contributed by atoms with Gasteiger partial charge in [0.15, 0.2) is 0 Å². The SMILES string of the molecule is COCC(CC=O)COC=O. The van der Waals surface area contributed by atoms with Crippen molar-refractivity contribution in [3.05, 3.63) is 0 Å². The molecule has 0 aliphatic heterocycles. The summed E-state index contributed by atoms with van der Waals surface area (Å²) in [5, 5.41) is 0. The molecule has 4 nitrogen and oxygen atoms in total. The third-order valence-corrected chi connectivity index (χ3v) is 1.23. The van der Waals surface area contributed by atoms with Crippen LogP contribution in [0, 0.1) is 5.92 Å². The minimum absolute atomic E-state index is 0.0114.